The number of thiophene rings is 1. The molecule has 6 aromatic rings. The molecular weight excluding hydrogens is 504 g/mol. The van der Waals surface area contributed by atoms with Gasteiger partial charge in [-0.2, -0.15) is 0 Å². The predicted molar refractivity (Wildman–Crippen MR) is 176 cm³/mol. The summed E-state index contributed by atoms with van der Waals surface area (Å²) in [6.07, 6.45) is 16.7. The van der Waals surface area contributed by atoms with Gasteiger partial charge in [0.05, 0.1) is 11.2 Å². The Labute approximate surface area is 238 Å². The summed E-state index contributed by atoms with van der Waals surface area (Å²) >= 11 is 1.85. The fourth-order valence-corrected chi connectivity index (χ4v) is 6.65. The van der Waals surface area contributed by atoms with Gasteiger partial charge in [0.15, 0.2) is 0 Å². The lowest BCUT2D eigenvalue weighted by Crippen LogP contribution is -2.11. The minimum atomic E-state index is 1.00. The first-order valence-electron chi connectivity index (χ1n) is 13.5. The third-order valence-electron chi connectivity index (χ3n) is 7.43. The van der Waals surface area contributed by atoms with Crippen LogP contribution in [0, 0.1) is 0 Å². The van der Waals surface area contributed by atoms with Gasteiger partial charge in [0.25, 0.3) is 0 Å². The maximum absolute atomic E-state index is 4.29. The summed E-state index contributed by atoms with van der Waals surface area (Å²) in [7, 11) is 0. The molecule has 192 valence electrons. The molecule has 4 aromatic carbocycles. The van der Waals surface area contributed by atoms with E-state index in [0.717, 1.165) is 33.9 Å². The highest BCUT2D eigenvalue weighted by atomic mass is 32.1. The topological polar surface area (TPSA) is 8.17 Å². The van der Waals surface area contributed by atoms with E-state index in [1.807, 2.05) is 18.3 Å². The van der Waals surface area contributed by atoms with Gasteiger partial charge in [-0.05, 0) is 79.2 Å². The van der Waals surface area contributed by atoms with Crippen molar-refractivity contribution in [3.8, 4) is 5.69 Å². The fourth-order valence-electron chi connectivity index (χ4n) is 5.56. The average molecular weight is 533 g/mol. The van der Waals surface area contributed by atoms with Crippen LogP contribution in [-0.2, 0) is 0 Å². The van der Waals surface area contributed by atoms with Gasteiger partial charge in [0.1, 0.15) is 0 Å². The number of allylic oxidation sites excluding steroid dienone is 7. The Hall–Kier alpha value is -4.86. The molecule has 0 saturated heterocycles. The standard InChI is InChI=1S/C37H28N2S/c1-3-4-5-13-29-24-27-23-28(38-22-11-10-12-26(2)31-14-6-8-16-35(31)38)18-20-34(27)39(29)30-19-21-37-33(25-30)32-15-7-9-17-36(32)40-37/h3-25H,2H2,1H3/b4-3-,12-10-,13-5-,22-11-. The van der Waals surface area contributed by atoms with Crippen LogP contribution in [0.1, 0.15) is 18.2 Å². The highest BCUT2D eigenvalue weighted by Gasteiger charge is 2.16. The predicted octanol–water partition coefficient (Wildman–Crippen LogP) is 10.8. The Kier molecular flexibility index (Phi) is 6.07. The fraction of sp³-hybridized carbons (Fsp3) is 0.0270. The highest BCUT2D eigenvalue weighted by Crippen LogP contribution is 2.38. The summed E-state index contributed by atoms with van der Waals surface area (Å²) in [5.74, 6) is 0. The molecule has 0 fully saturated rings. The Morgan fingerprint density at radius 2 is 1.57 bits per heavy atom. The molecule has 0 spiro atoms. The molecule has 0 radical (unpaired) electrons. The van der Waals surface area contributed by atoms with Crippen LogP contribution in [0.4, 0.5) is 11.4 Å². The zero-order chi connectivity index (χ0) is 27.1. The van der Waals surface area contributed by atoms with Gasteiger partial charge in [0.2, 0.25) is 0 Å². The molecule has 0 bridgehead atoms. The summed E-state index contributed by atoms with van der Waals surface area (Å²) in [4.78, 5) is 2.25. The number of anilines is 2. The van der Waals surface area contributed by atoms with Gasteiger partial charge in [-0.15, -0.1) is 11.3 Å². The van der Waals surface area contributed by atoms with Crippen molar-refractivity contribution >= 4 is 65.4 Å². The third-order valence-corrected chi connectivity index (χ3v) is 8.59. The summed E-state index contributed by atoms with van der Waals surface area (Å²) in [6, 6.07) is 33.0. The van der Waals surface area contributed by atoms with Crippen molar-refractivity contribution in [3.63, 3.8) is 0 Å². The molecule has 3 heteroatoms. The van der Waals surface area contributed by atoms with Crippen molar-refractivity contribution in [3.05, 3.63) is 151 Å². The number of nitrogens with zero attached hydrogens (tertiary/aromatic N) is 2. The van der Waals surface area contributed by atoms with E-state index in [0.29, 0.717) is 0 Å². The van der Waals surface area contributed by atoms with Gasteiger partial charge < -0.3 is 9.47 Å². The Balaban J connectivity index is 1.41. The zero-order valence-electron chi connectivity index (χ0n) is 22.3. The molecule has 2 aromatic heterocycles. The lowest BCUT2D eigenvalue weighted by atomic mass is 10.0. The van der Waals surface area contributed by atoms with E-state index in [9.17, 15) is 0 Å². The first-order chi connectivity index (χ1) is 19.7. The number of hydrogen-bond acceptors (Lipinski definition) is 2. The first-order valence-corrected chi connectivity index (χ1v) is 14.3. The summed E-state index contributed by atoms with van der Waals surface area (Å²) in [6.45, 7) is 6.33. The minimum Gasteiger partial charge on any atom is -0.317 e. The number of para-hydroxylation sites is 1. The van der Waals surface area contributed by atoms with E-state index in [-0.39, 0.29) is 0 Å². The monoisotopic (exact) mass is 532 g/mol. The molecule has 0 atom stereocenters. The van der Waals surface area contributed by atoms with Crippen molar-refractivity contribution in [1.82, 2.24) is 4.57 Å². The van der Waals surface area contributed by atoms with Crippen LogP contribution in [0.3, 0.4) is 0 Å². The third kappa shape index (κ3) is 4.12. The van der Waals surface area contributed by atoms with Crippen LogP contribution >= 0.6 is 11.3 Å². The van der Waals surface area contributed by atoms with Crippen molar-refractivity contribution in [2.24, 2.45) is 0 Å². The molecular formula is C37H28N2S. The molecule has 2 nitrogen and oxygen atoms in total. The van der Waals surface area contributed by atoms with E-state index in [4.69, 9.17) is 0 Å². The smallest absolute Gasteiger partial charge is 0.0536 e. The Morgan fingerprint density at radius 1 is 0.750 bits per heavy atom. The molecule has 0 N–H and O–H groups in total. The second-order valence-electron chi connectivity index (χ2n) is 9.92. The second-order valence-corrected chi connectivity index (χ2v) is 11.0. The van der Waals surface area contributed by atoms with Gasteiger partial charge in [0, 0.05) is 54.4 Å². The molecule has 0 unspecified atom stereocenters. The Morgan fingerprint density at radius 3 is 2.50 bits per heavy atom. The molecule has 1 aliphatic rings. The molecule has 0 amide bonds. The van der Waals surface area contributed by atoms with E-state index in [2.05, 4.69) is 156 Å². The van der Waals surface area contributed by atoms with Gasteiger partial charge >= 0.3 is 0 Å². The first kappa shape index (κ1) is 24.2. The van der Waals surface area contributed by atoms with Crippen molar-refractivity contribution in [1.29, 1.82) is 0 Å². The molecule has 3 heterocycles. The van der Waals surface area contributed by atoms with E-state index >= 15 is 0 Å². The number of fused-ring (bicyclic) bond motifs is 5. The van der Waals surface area contributed by atoms with Crippen LogP contribution in [-0.4, -0.2) is 4.57 Å². The molecule has 40 heavy (non-hydrogen) atoms. The molecule has 0 aliphatic carbocycles. The maximum atomic E-state index is 4.29. The Bertz CT molecular complexity index is 2040. The second kappa shape index (κ2) is 10.0. The maximum Gasteiger partial charge on any atom is 0.0536 e. The highest BCUT2D eigenvalue weighted by molar-refractivity contribution is 7.25. The number of rotatable bonds is 4. The summed E-state index contributed by atoms with van der Waals surface area (Å²) in [5.41, 5.74) is 7.85. The van der Waals surface area contributed by atoms with E-state index in [1.165, 1.54) is 31.1 Å². The quantitative estimate of drug-likeness (QED) is 0.205. The van der Waals surface area contributed by atoms with Crippen molar-refractivity contribution in [2.75, 3.05) is 4.90 Å². The van der Waals surface area contributed by atoms with Crippen LogP contribution < -0.4 is 4.90 Å². The van der Waals surface area contributed by atoms with E-state index in [1.54, 1.807) is 0 Å². The van der Waals surface area contributed by atoms with Crippen molar-refractivity contribution in [2.45, 2.75) is 6.92 Å². The van der Waals surface area contributed by atoms with Crippen LogP contribution in [0.2, 0.25) is 0 Å². The normalized spacial score (nSPS) is 15.3. The SMILES string of the molecule is C=C1/C=C\C=C/N(c2ccc3c(c2)cc(/C=C\C=C/C)n3-c2ccc3sc4ccccc4c3c2)c2ccccc21. The van der Waals surface area contributed by atoms with Crippen LogP contribution in [0.5, 0.6) is 0 Å². The molecule has 0 saturated carbocycles. The summed E-state index contributed by atoms with van der Waals surface area (Å²) < 4.78 is 5.00. The average Bonchev–Trinajstić information content (AvgIpc) is 3.53. The van der Waals surface area contributed by atoms with Crippen LogP contribution in [0.25, 0.3) is 48.4 Å². The van der Waals surface area contributed by atoms with Crippen molar-refractivity contribution < 1.29 is 0 Å². The minimum absolute atomic E-state index is 1.00. The lowest BCUT2D eigenvalue weighted by Gasteiger charge is -2.25. The van der Waals surface area contributed by atoms with Gasteiger partial charge in [-0.3, -0.25) is 0 Å². The lowest BCUT2D eigenvalue weighted by molar-refractivity contribution is 1.11. The summed E-state index contributed by atoms with van der Waals surface area (Å²) in [5, 5.41) is 3.80. The molecule has 1 aliphatic heterocycles. The van der Waals surface area contributed by atoms with Gasteiger partial charge in [-0.25, -0.2) is 0 Å². The van der Waals surface area contributed by atoms with Gasteiger partial charge in [-0.1, -0.05) is 73.4 Å². The van der Waals surface area contributed by atoms with Crippen LogP contribution in [0.15, 0.2) is 140 Å². The molecule has 7 rings (SSSR count). The largest absolute Gasteiger partial charge is 0.317 e. The number of benzene rings is 4. The number of hydrogen-bond donors (Lipinski definition) is 0. The van der Waals surface area contributed by atoms with E-state index < -0.39 is 0 Å². The zero-order valence-corrected chi connectivity index (χ0v) is 23.1. The number of aromatic nitrogens is 1.